The van der Waals surface area contributed by atoms with Gasteiger partial charge in [-0.25, -0.2) is 0 Å². The maximum absolute atomic E-state index is 12.6. The van der Waals surface area contributed by atoms with E-state index < -0.39 is 0 Å². The first kappa shape index (κ1) is 21.2. The molecule has 0 aliphatic heterocycles. The molecular weight excluding hydrogens is 388 g/mol. The van der Waals surface area contributed by atoms with Gasteiger partial charge < -0.3 is 5.32 Å². The Morgan fingerprint density at radius 2 is 1.77 bits per heavy atom. The van der Waals surface area contributed by atoms with Gasteiger partial charge in [0.15, 0.2) is 0 Å². The summed E-state index contributed by atoms with van der Waals surface area (Å²) < 4.78 is 1.58. The zero-order valence-corrected chi connectivity index (χ0v) is 18.1. The quantitative estimate of drug-likeness (QED) is 0.638. The highest BCUT2D eigenvalue weighted by atomic mass is 16.2. The number of carbonyl (C=O) groups is 1. The van der Waals surface area contributed by atoms with E-state index in [9.17, 15) is 9.59 Å². The monoisotopic (exact) mass is 418 g/mol. The molecule has 0 atom stereocenters. The van der Waals surface area contributed by atoms with Crippen LogP contribution in [0.1, 0.15) is 43.2 Å². The van der Waals surface area contributed by atoms with Gasteiger partial charge in [0.25, 0.3) is 0 Å². The summed E-state index contributed by atoms with van der Waals surface area (Å²) in [6.45, 7) is 1.44. The van der Waals surface area contributed by atoms with Crippen LogP contribution in [-0.4, -0.2) is 33.7 Å². The van der Waals surface area contributed by atoms with E-state index in [1.54, 1.807) is 10.7 Å². The summed E-state index contributed by atoms with van der Waals surface area (Å²) in [5.74, 6) is -0.128. The van der Waals surface area contributed by atoms with Crippen LogP contribution in [0.4, 0.5) is 0 Å². The summed E-state index contributed by atoms with van der Waals surface area (Å²) in [7, 11) is 2.21. The van der Waals surface area contributed by atoms with Crippen LogP contribution in [0.2, 0.25) is 0 Å². The smallest absolute Gasteiger partial charge is 0.242 e. The van der Waals surface area contributed by atoms with Gasteiger partial charge in [0.1, 0.15) is 6.54 Å². The summed E-state index contributed by atoms with van der Waals surface area (Å²) in [4.78, 5) is 27.1. The molecule has 1 aliphatic carbocycles. The number of amides is 1. The van der Waals surface area contributed by atoms with Crippen LogP contribution < -0.4 is 10.7 Å². The molecule has 1 heterocycles. The number of nitrogens with zero attached hydrogens (tertiary/aromatic N) is 3. The van der Waals surface area contributed by atoms with Crippen LogP contribution in [0.3, 0.4) is 0 Å². The van der Waals surface area contributed by atoms with E-state index in [1.807, 2.05) is 24.3 Å². The van der Waals surface area contributed by atoms with Crippen molar-refractivity contribution in [2.45, 2.75) is 57.8 Å². The van der Waals surface area contributed by atoms with Gasteiger partial charge in [-0.2, -0.15) is 5.10 Å². The Kier molecular flexibility index (Phi) is 6.77. The van der Waals surface area contributed by atoms with Crippen LogP contribution >= 0.6 is 0 Å². The molecule has 162 valence electrons. The van der Waals surface area contributed by atoms with Gasteiger partial charge in [0.05, 0.1) is 11.7 Å². The Hall–Kier alpha value is -2.99. The Labute approximate surface area is 182 Å². The third-order valence-electron chi connectivity index (χ3n) is 6.27. The summed E-state index contributed by atoms with van der Waals surface area (Å²) in [6, 6.07) is 16.2. The molecule has 6 nitrogen and oxygen atoms in total. The van der Waals surface area contributed by atoms with E-state index in [0.717, 1.165) is 12.1 Å². The van der Waals surface area contributed by atoms with Gasteiger partial charge in [-0.15, -0.1) is 0 Å². The minimum atomic E-state index is -0.136. The number of benzene rings is 2. The van der Waals surface area contributed by atoms with E-state index in [-0.39, 0.29) is 17.9 Å². The fourth-order valence-electron chi connectivity index (χ4n) is 4.48. The largest absolute Gasteiger partial charge is 0.350 e. The highest BCUT2D eigenvalue weighted by Crippen LogP contribution is 2.23. The molecule has 0 unspecified atom stereocenters. The highest BCUT2D eigenvalue weighted by molar-refractivity contribution is 5.81. The van der Waals surface area contributed by atoms with Gasteiger partial charge >= 0.3 is 0 Å². The molecule has 1 saturated carbocycles. The van der Waals surface area contributed by atoms with E-state index in [0.29, 0.717) is 23.5 Å². The van der Waals surface area contributed by atoms with E-state index in [2.05, 4.69) is 40.6 Å². The molecule has 31 heavy (non-hydrogen) atoms. The SMILES string of the molecule is CN(Cc1ccccc1CNC(=O)Cn1ncc(=O)c2ccccc21)C1CCCCC1. The molecular formula is C25H30N4O2. The third kappa shape index (κ3) is 5.20. The molecule has 1 aliphatic rings. The second kappa shape index (κ2) is 9.88. The fourth-order valence-corrected chi connectivity index (χ4v) is 4.48. The lowest BCUT2D eigenvalue weighted by molar-refractivity contribution is -0.121. The Morgan fingerprint density at radius 3 is 2.58 bits per heavy atom. The summed E-state index contributed by atoms with van der Waals surface area (Å²) in [5.41, 5.74) is 2.92. The zero-order chi connectivity index (χ0) is 21.6. The minimum absolute atomic E-state index is 0.0743. The molecule has 0 bridgehead atoms. The number of nitrogens with one attached hydrogen (secondary N) is 1. The average Bonchev–Trinajstić information content (AvgIpc) is 2.81. The van der Waals surface area contributed by atoms with Crippen molar-refractivity contribution in [2.24, 2.45) is 0 Å². The number of fused-ring (bicyclic) bond motifs is 1. The van der Waals surface area contributed by atoms with Crippen molar-refractivity contribution in [3.63, 3.8) is 0 Å². The maximum Gasteiger partial charge on any atom is 0.242 e. The van der Waals surface area contributed by atoms with Crippen molar-refractivity contribution in [1.82, 2.24) is 20.0 Å². The summed E-state index contributed by atoms with van der Waals surface area (Å²) >= 11 is 0. The highest BCUT2D eigenvalue weighted by Gasteiger charge is 2.19. The molecule has 0 saturated heterocycles. The molecule has 1 amide bonds. The Bertz CT molecular complexity index is 1100. The summed E-state index contributed by atoms with van der Waals surface area (Å²) in [6.07, 6.45) is 7.81. The molecule has 2 aromatic carbocycles. The predicted molar refractivity (Wildman–Crippen MR) is 123 cm³/mol. The molecule has 3 aromatic rings. The van der Waals surface area contributed by atoms with Gasteiger partial charge in [-0.1, -0.05) is 55.7 Å². The van der Waals surface area contributed by atoms with Crippen molar-refractivity contribution < 1.29 is 4.79 Å². The number of carbonyl (C=O) groups excluding carboxylic acids is 1. The number of para-hydroxylation sites is 1. The number of rotatable bonds is 7. The van der Waals surface area contributed by atoms with Crippen molar-refractivity contribution in [3.05, 3.63) is 76.1 Å². The zero-order valence-electron chi connectivity index (χ0n) is 18.1. The first-order chi connectivity index (χ1) is 15.1. The molecule has 1 fully saturated rings. The first-order valence-corrected chi connectivity index (χ1v) is 11.1. The predicted octanol–water partition coefficient (Wildman–Crippen LogP) is 3.48. The Balaban J connectivity index is 1.40. The lowest BCUT2D eigenvalue weighted by Gasteiger charge is -2.31. The minimum Gasteiger partial charge on any atom is -0.350 e. The second-order valence-electron chi connectivity index (χ2n) is 8.44. The van der Waals surface area contributed by atoms with Crippen molar-refractivity contribution in [1.29, 1.82) is 0 Å². The van der Waals surface area contributed by atoms with Crippen molar-refractivity contribution >= 4 is 16.8 Å². The molecule has 4 rings (SSSR count). The number of hydrogen-bond donors (Lipinski definition) is 1. The van der Waals surface area contributed by atoms with Crippen LogP contribution in [-0.2, 0) is 24.4 Å². The van der Waals surface area contributed by atoms with Crippen molar-refractivity contribution in [3.8, 4) is 0 Å². The standard InChI is InChI=1S/C25H30N4O2/c1-28(21-11-3-2-4-12-21)17-20-10-6-5-9-19(20)15-26-25(31)18-29-23-14-8-7-13-22(23)24(30)16-27-29/h5-10,13-14,16,21H,2-4,11-12,15,17-18H2,1H3,(H,26,31). The van der Waals surface area contributed by atoms with Crippen LogP contribution in [0.5, 0.6) is 0 Å². The second-order valence-corrected chi connectivity index (χ2v) is 8.44. The maximum atomic E-state index is 12.6. The van der Waals surface area contributed by atoms with Crippen LogP contribution in [0.25, 0.3) is 10.9 Å². The van der Waals surface area contributed by atoms with Gasteiger partial charge in [-0.05, 0) is 43.1 Å². The van der Waals surface area contributed by atoms with Crippen LogP contribution in [0.15, 0.2) is 59.5 Å². The van der Waals surface area contributed by atoms with Gasteiger partial charge in [0.2, 0.25) is 11.3 Å². The number of hydrogen-bond acceptors (Lipinski definition) is 4. The van der Waals surface area contributed by atoms with E-state index in [1.165, 1.54) is 43.9 Å². The molecule has 6 heteroatoms. The first-order valence-electron chi connectivity index (χ1n) is 11.1. The lowest BCUT2D eigenvalue weighted by Crippen LogP contribution is -2.33. The molecule has 0 radical (unpaired) electrons. The van der Waals surface area contributed by atoms with E-state index in [4.69, 9.17) is 0 Å². The van der Waals surface area contributed by atoms with Crippen LogP contribution in [0, 0.1) is 0 Å². The fraction of sp³-hybridized carbons (Fsp3) is 0.400. The molecule has 0 spiro atoms. The summed E-state index contributed by atoms with van der Waals surface area (Å²) in [5, 5.41) is 7.74. The Morgan fingerprint density at radius 1 is 1.06 bits per heavy atom. The third-order valence-corrected chi connectivity index (χ3v) is 6.27. The average molecular weight is 419 g/mol. The van der Waals surface area contributed by atoms with Gasteiger partial charge in [0, 0.05) is 24.5 Å². The van der Waals surface area contributed by atoms with E-state index >= 15 is 0 Å². The number of aromatic nitrogens is 2. The molecule has 1 aromatic heterocycles. The normalized spacial score (nSPS) is 14.8. The van der Waals surface area contributed by atoms with Crippen molar-refractivity contribution in [2.75, 3.05) is 7.05 Å². The lowest BCUT2D eigenvalue weighted by atomic mass is 9.94. The van der Waals surface area contributed by atoms with Gasteiger partial charge in [-0.3, -0.25) is 19.2 Å². The topological polar surface area (TPSA) is 67.2 Å². The molecule has 1 N–H and O–H groups in total.